The number of halogens is 1. The zero-order valence-electron chi connectivity index (χ0n) is 11.6. The van der Waals surface area contributed by atoms with Crippen LogP contribution < -0.4 is 4.90 Å². The molecule has 0 unspecified atom stereocenters. The number of hydrogen-bond donors (Lipinski definition) is 1. The summed E-state index contributed by atoms with van der Waals surface area (Å²) in [7, 11) is 0. The zero-order chi connectivity index (χ0) is 14.8. The Morgan fingerprint density at radius 1 is 1.14 bits per heavy atom. The second-order valence-electron chi connectivity index (χ2n) is 5.21. The average Bonchev–Trinajstić information content (AvgIpc) is 2.71. The second-order valence-corrected chi connectivity index (χ2v) is 5.61. The molecule has 0 spiro atoms. The number of fused-ring (bicyclic) bond motifs is 1. The lowest BCUT2D eigenvalue weighted by atomic mass is 10.1. The summed E-state index contributed by atoms with van der Waals surface area (Å²) < 4.78 is 0. The molecule has 2 aromatic carbocycles. The fourth-order valence-electron chi connectivity index (χ4n) is 2.72. The standard InChI is InChI=1S/C17H16ClNO2/c18-15-9-8-13(20)11-14(15)17(21)19-10-4-3-6-12-5-1-2-7-16(12)19/h1-2,5,7-9,11,20H,3-4,6,10H2. The molecule has 0 bridgehead atoms. The first-order chi connectivity index (χ1) is 10.2. The molecule has 1 heterocycles. The van der Waals surface area contributed by atoms with Gasteiger partial charge in [0.1, 0.15) is 5.75 Å². The van der Waals surface area contributed by atoms with Gasteiger partial charge < -0.3 is 10.0 Å². The van der Waals surface area contributed by atoms with E-state index in [0.29, 0.717) is 17.1 Å². The Balaban J connectivity index is 2.03. The Labute approximate surface area is 128 Å². The van der Waals surface area contributed by atoms with Crippen molar-refractivity contribution in [3.05, 3.63) is 58.6 Å². The van der Waals surface area contributed by atoms with Crippen molar-refractivity contribution in [2.45, 2.75) is 19.3 Å². The molecule has 3 rings (SSSR count). The predicted octanol–water partition coefficient (Wildman–Crippen LogP) is 4.03. The van der Waals surface area contributed by atoms with Crippen molar-refractivity contribution < 1.29 is 9.90 Å². The van der Waals surface area contributed by atoms with Gasteiger partial charge in [-0.15, -0.1) is 0 Å². The Kier molecular flexibility index (Phi) is 3.84. The van der Waals surface area contributed by atoms with Crippen LogP contribution in [0, 0.1) is 0 Å². The van der Waals surface area contributed by atoms with Crippen LogP contribution in [0.1, 0.15) is 28.8 Å². The molecule has 0 atom stereocenters. The zero-order valence-corrected chi connectivity index (χ0v) is 12.3. The summed E-state index contributed by atoms with van der Waals surface area (Å²) in [6, 6.07) is 12.4. The first kappa shape index (κ1) is 14.0. The van der Waals surface area contributed by atoms with E-state index in [1.807, 2.05) is 18.2 Å². The van der Waals surface area contributed by atoms with Gasteiger partial charge >= 0.3 is 0 Å². The lowest BCUT2D eigenvalue weighted by molar-refractivity contribution is 0.0986. The van der Waals surface area contributed by atoms with Crippen molar-refractivity contribution in [3.63, 3.8) is 0 Å². The highest BCUT2D eigenvalue weighted by Crippen LogP contribution is 2.30. The number of rotatable bonds is 1. The van der Waals surface area contributed by atoms with Gasteiger partial charge in [0.15, 0.2) is 0 Å². The molecular weight excluding hydrogens is 286 g/mol. The molecule has 0 saturated carbocycles. The van der Waals surface area contributed by atoms with E-state index in [2.05, 4.69) is 6.07 Å². The van der Waals surface area contributed by atoms with E-state index in [0.717, 1.165) is 24.9 Å². The molecule has 0 radical (unpaired) electrons. The highest BCUT2D eigenvalue weighted by molar-refractivity contribution is 6.34. The number of carbonyl (C=O) groups excluding carboxylic acids is 1. The number of phenols is 1. The fraction of sp³-hybridized carbons (Fsp3) is 0.235. The molecule has 108 valence electrons. The SMILES string of the molecule is O=C(c1cc(O)ccc1Cl)N1CCCCc2ccccc21. The van der Waals surface area contributed by atoms with Gasteiger partial charge in [0, 0.05) is 12.2 Å². The summed E-state index contributed by atoms with van der Waals surface area (Å²) in [5.74, 6) is -0.115. The van der Waals surface area contributed by atoms with Crippen molar-refractivity contribution in [1.29, 1.82) is 0 Å². The normalized spacial score (nSPS) is 14.4. The van der Waals surface area contributed by atoms with Gasteiger partial charge in [-0.3, -0.25) is 4.79 Å². The largest absolute Gasteiger partial charge is 0.508 e. The Morgan fingerprint density at radius 2 is 1.95 bits per heavy atom. The number of amides is 1. The topological polar surface area (TPSA) is 40.5 Å². The quantitative estimate of drug-likeness (QED) is 0.864. The maximum absolute atomic E-state index is 12.8. The van der Waals surface area contributed by atoms with Crippen molar-refractivity contribution in [2.24, 2.45) is 0 Å². The number of para-hydroxylation sites is 1. The van der Waals surface area contributed by atoms with E-state index < -0.39 is 0 Å². The molecule has 4 heteroatoms. The van der Waals surface area contributed by atoms with Gasteiger partial charge in [-0.25, -0.2) is 0 Å². The highest BCUT2D eigenvalue weighted by atomic mass is 35.5. The maximum Gasteiger partial charge on any atom is 0.259 e. The predicted molar refractivity (Wildman–Crippen MR) is 84.2 cm³/mol. The van der Waals surface area contributed by atoms with E-state index in [-0.39, 0.29) is 11.7 Å². The Hall–Kier alpha value is -2.00. The number of hydrogen-bond acceptors (Lipinski definition) is 2. The van der Waals surface area contributed by atoms with E-state index in [1.165, 1.54) is 17.7 Å². The molecule has 1 N–H and O–H groups in total. The minimum Gasteiger partial charge on any atom is -0.508 e. The molecule has 0 saturated heterocycles. The summed E-state index contributed by atoms with van der Waals surface area (Å²) in [6.45, 7) is 0.668. The molecule has 0 fully saturated rings. The van der Waals surface area contributed by atoms with Crippen molar-refractivity contribution >= 4 is 23.2 Å². The number of phenolic OH excluding ortho intramolecular Hbond substituents is 1. The molecule has 1 aliphatic rings. The molecule has 2 aromatic rings. The van der Waals surface area contributed by atoms with Crippen LogP contribution in [-0.2, 0) is 6.42 Å². The van der Waals surface area contributed by atoms with Crippen LogP contribution in [-0.4, -0.2) is 17.6 Å². The van der Waals surface area contributed by atoms with Crippen molar-refractivity contribution in [3.8, 4) is 5.75 Å². The monoisotopic (exact) mass is 301 g/mol. The fourth-order valence-corrected chi connectivity index (χ4v) is 2.92. The summed E-state index contributed by atoms with van der Waals surface area (Å²) in [6.07, 6.45) is 3.00. The smallest absolute Gasteiger partial charge is 0.259 e. The molecule has 1 aliphatic heterocycles. The van der Waals surface area contributed by atoms with Gasteiger partial charge in [0.2, 0.25) is 0 Å². The van der Waals surface area contributed by atoms with Crippen LogP contribution in [0.2, 0.25) is 5.02 Å². The van der Waals surface area contributed by atoms with E-state index in [4.69, 9.17) is 11.6 Å². The van der Waals surface area contributed by atoms with Crippen molar-refractivity contribution in [2.75, 3.05) is 11.4 Å². The Bertz CT molecular complexity index is 684. The first-order valence-electron chi connectivity index (χ1n) is 7.05. The molecule has 3 nitrogen and oxygen atoms in total. The molecular formula is C17H16ClNO2. The van der Waals surface area contributed by atoms with Crippen LogP contribution in [0.15, 0.2) is 42.5 Å². The van der Waals surface area contributed by atoms with Crippen LogP contribution >= 0.6 is 11.6 Å². The summed E-state index contributed by atoms with van der Waals surface area (Å²) in [5.41, 5.74) is 2.47. The Morgan fingerprint density at radius 3 is 2.81 bits per heavy atom. The third-order valence-electron chi connectivity index (χ3n) is 3.79. The first-order valence-corrected chi connectivity index (χ1v) is 7.43. The van der Waals surface area contributed by atoms with Gasteiger partial charge in [-0.1, -0.05) is 29.8 Å². The second kappa shape index (κ2) is 5.78. The van der Waals surface area contributed by atoms with Crippen LogP contribution in [0.25, 0.3) is 0 Å². The molecule has 21 heavy (non-hydrogen) atoms. The molecule has 0 aromatic heterocycles. The third-order valence-corrected chi connectivity index (χ3v) is 4.12. The molecule has 0 aliphatic carbocycles. The number of nitrogens with zero attached hydrogens (tertiary/aromatic N) is 1. The summed E-state index contributed by atoms with van der Waals surface area (Å²) in [5, 5.41) is 9.97. The van der Waals surface area contributed by atoms with Gasteiger partial charge in [0.05, 0.1) is 10.6 Å². The van der Waals surface area contributed by atoms with Crippen LogP contribution in [0.3, 0.4) is 0 Å². The van der Waals surface area contributed by atoms with Gasteiger partial charge in [0.25, 0.3) is 5.91 Å². The third kappa shape index (κ3) is 2.74. The average molecular weight is 302 g/mol. The lowest BCUT2D eigenvalue weighted by Gasteiger charge is -2.23. The van der Waals surface area contributed by atoms with Crippen LogP contribution in [0.5, 0.6) is 5.75 Å². The minimum atomic E-state index is -0.162. The van der Waals surface area contributed by atoms with Crippen LogP contribution in [0.4, 0.5) is 5.69 Å². The summed E-state index contributed by atoms with van der Waals surface area (Å²) in [4.78, 5) is 14.6. The number of aryl methyl sites for hydroxylation is 1. The molecule has 1 amide bonds. The van der Waals surface area contributed by atoms with E-state index in [1.54, 1.807) is 11.0 Å². The van der Waals surface area contributed by atoms with Crippen molar-refractivity contribution in [1.82, 2.24) is 0 Å². The van der Waals surface area contributed by atoms with Gasteiger partial charge in [-0.2, -0.15) is 0 Å². The number of carbonyl (C=O) groups is 1. The van der Waals surface area contributed by atoms with E-state index >= 15 is 0 Å². The highest BCUT2D eigenvalue weighted by Gasteiger charge is 2.23. The number of anilines is 1. The number of aromatic hydroxyl groups is 1. The minimum absolute atomic E-state index is 0.0471. The number of benzene rings is 2. The summed E-state index contributed by atoms with van der Waals surface area (Å²) >= 11 is 6.12. The lowest BCUT2D eigenvalue weighted by Crippen LogP contribution is -2.31. The van der Waals surface area contributed by atoms with E-state index in [9.17, 15) is 9.90 Å². The van der Waals surface area contributed by atoms with Gasteiger partial charge in [-0.05, 0) is 49.1 Å². The maximum atomic E-state index is 12.8.